The van der Waals surface area contributed by atoms with Gasteiger partial charge in [0.2, 0.25) is 15.9 Å². The van der Waals surface area contributed by atoms with Gasteiger partial charge in [-0.2, -0.15) is 0 Å². The van der Waals surface area contributed by atoms with Gasteiger partial charge in [-0.15, -0.1) is 10.2 Å². The first-order chi connectivity index (χ1) is 9.77. The maximum Gasteiger partial charge on any atom is 0.253 e. The fourth-order valence-corrected chi connectivity index (χ4v) is 2.37. The normalized spacial score (nSPS) is 11.9. The van der Waals surface area contributed by atoms with E-state index in [1.165, 1.54) is 12.1 Å². The smallest absolute Gasteiger partial charge is 0.253 e. The standard InChI is InChI=1S/C13H17N3O4S/c1-8(2)11-6-10(21(14,17)18)4-5-12(11)19-7-13-16-15-9(3)20-13/h4-6,8H,7H2,1-3H3,(H2,14,17,18). The number of ether oxygens (including phenoxy) is 1. The molecule has 1 aromatic heterocycles. The Morgan fingerprint density at radius 1 is 1.33 bits per heavy atom. The Morgan fingerprint density at radius 3 is 2.57 bits per heavy atom. The molecule has 0 unspecified atom stereocenters. The van der Waals surface area contributed by atoms with Gasteiger partial charge in [0.05, 0.1) is 4.90 Å². The van der Waals surface area contributed by atoms with Gasteiger partial charge in [-0.05, 0) is 29.7 Å². The molecule has 114 valence electrons. The Hall–Kier alpha value is -1.93. The van der Waals surface area contributed by atoms with Gasteiger partial charge in [-0.1, -0.05) is 13.8 Å². The topological polar surface area (TPSA) is 108 Å². The van der Waals surface area contributed by atoms with E-state index < -0.39 is 10.0 Å². The molecular formula is C13H17N3O4S. The highest BCUT2D eigenvalue weighted by Gasteiger charge is 2.15. The lowest BCUT2D eigenvalue weighted by Gasteiger charge is -2.14. The monoisotopic (exact) mass is 311 g/mol. The van der Waals surface area contributed by atoms with Gasteiger partial charge in [0.25, 0.3) is 5.89 Å². The van der Waals surface area contributed by atoms with Crippen LogP contribution in [0.1, 0.15) is 37.1 Å². The molecule has 1 heterocycles. The van der Waals surface area contributed by atoms with E-state index in [1.807, 2.05) is 13.8 Å². The van der Waals surface area contributed by atoms with Gasteiger partial charge in [-0.25, -0.2) is 13.6 Å². The number of nitrogens with zero attached hydrogens (tertiary/aromatic N) is 2. The zero-order valence-electron chi connectivity index (χ0n) is 12.0. The molecule has 8 heteroatoms. The molecule has 2 N–H and O–H groups in total. The number of sulfonamides is 1. The first-order valence-electron chi connectivity index (χ1n) is 6.36. The second kappa shape index (κ2) is 5.82. The fourth-order valence-electron chi connectivity index (χ4n) is 1.82. The fraction of sp³-hybridized carbons (Fsp3) is 0.385. The van der Waals surface area contributed by atoms with Crippen LogP contribution in [0, 0.1) is 6.92 Å². The van der Waals surface area contributed by atoms with Gasteiger partial charge in [0.1, 0.15) is 5.75 Å². The average molecular weight is 311 g/mol. The van der Waals surface area contributed by atoms with Crippen LogP contribution in [-0.4, -0.2) is 18.6 Å². The molecule has 2 aromatic rings. The average Bonchev–Trinajstić information content (AvgIpc) is 2.80. The molecule has 2 rings (SSSR count). The Morgan fingerprint density at radius 2 is 2.05 bits per heavy atom. The van der Waals surface area contributed by atoms with Crippen LogP contribution in [0.5, 0.6) is 5.75 Å². The molecule has 0 bridgehead atoms. The van der Waals surface area contributed by atoms with Crippen molar-refractivity contribution in [3.63, 3.8) is 0 Å². The quantitative estimate of drug-likeness (QED) is 0.900. The molecule has 0 amide bonds. The van der Waals surface area contributed by atoms with E-state index in [0.29, 0.717) is 17.5 Å². The number of aromatic nitrogens is 2. The van der Waals surface area contributed by atoms with Crippen molar-refractivity contribution >= 4 is 10.0 Å². The van der Waals surface area contributed by atoms with Crippen molar-refractivity contribution in [2.45, 2.75) is 38.2 Å². The number of hydrogen-bond acceptors (Lipinski definition) is 6. The molecule has 0 fully saturated rings. The molecule has 0 saturated heterocycles. The van der Waals surface area contributed by atoms with Crippen LogP contribution in [0.2, 0.25) is 0 Å². The summed E-state index contributed by atoms with van der Waals surface area (Å²) in [6, 6.07) is 4.52. The number of hydrogen-bond donors (Lipinski definition) is 1. The van der Waals surface area contributed by atoms with Crippen molar-refractivity contribution in [3.05, 3.63) is 35.5 Å². The second-order valence-electron chi connectivity index (χ2n) is 4.90. The van der Waals surface area contributed by atoms with Crippen molar-refractivity contribution in [3.8, 4) is 5.75 Å². The first-order valence-corrected chi connectivity index (χ1v) is 7.90. The number of aryl methyl sites for hydroxylation is 1. The summed E-state index contributed by atoms with van der Waals surface area (Å²) in [7, 11) is -3.74. The van der Waals surface area contributed by atoms with Gasteiger partial charge in [0.15, 0.2) is 6.61 Å². The van der Waals surface area contributed by atoms with Crippen LogP contribution < -0.4 is 9.88 Å². The Bertz CT molecular complexity index is 738. The van der Waals surface area contributed by atoms with E-state index >= 15 is 0 Å². The number of nitrogens with two attached hydrogens (primary N) is 1. The van der Waals surface area contributed by atoms with Crippen LogP contribution in [-0.2, 0) is 16.6 Å². The van der Waals surface area contributed by atoms with Crippen molar-refractivity contribution in [2.75, 3.05) is 0 Å². The lowest BCUT2D eigenvalue weighted by atomic mass is 10.0. The lowest BCUT2D eigenvalue weighted by Crippen LogP contribution is -2.13. The third kappa shape index (κ3) is 3.79. The van der Waals surface area contributed by atoms with E-state index in [9.17, 15) is 8.42 Å². The van der Waals surface area contributed by atoms with Crippen molar-refractivity contribution in [1.82, 2.24) is 10.2 Å². The van der Waals surface area contributed by atoms with Crippen molar-refractivity contribution in [1.29, 1.82) is 0 Å². The summed E-state index contributed by atoms with van der Waals surface area (Å²) >= 11 is 0. The SMILES string of the molecule is Cc1nnc(COc2ccc(S(N)(=O)=O)cc2C(C)C)o1. The zero-order valence-corrected chi connectivity index (χ0v) is 12.8. The van der Waals surface area contributed by atoms with Gasteiger partial charge < -0.3 is 9.15 Å². The first kappa shape index (κ1) is 15.5. The molecule has 0 aliphatic carbocycles. The van der Waals surface area contributed by atoms with E-state index in [-0.39, 0.29) is 17.4 Å². The number of rotatable bonds is 5. The minimum absolute atomic E-state index is 0.0622. The summed E-state index contributed by atoms with van der Waals surface area (Å²) in [5.41, 5.74) is 0.748. The van der Waals surface area contributed by atoms with E-state index in [0.717, 1.165) is 5.56 Å². The molecule has 0 atom stereocenters. The Balaban J connectivity index is 2.26. The molecular weight excluding hydrogens is 294 g/mol. The van der Waals surface area contributed by atoms with E-state index in [1.54, 1.807) is 13.0 Å². The maximum absolute atomic E-state index is 11.4. The minimum Gasteiger partial charge on any atom is -0.484 e. The molecule has 0 radical (unpaired) electrons. The number of primary sulfonamides is 1. The zero-order chi connectivity index (χ0) is 15.6. The molecule has 7 nitrogen and oxygen atoms in total. The maximum atomic E-state index is 11.4. The molecule has 0 aliphatic heterocycles. The third-order valence-corrected chi connectivity index (χ3v) is 3.76. The minimum atomic E-state index is -3.74. The lowest BCUT2D eigenvalue weighted by molar-refractivity contribution is 0.257. The van der Waals surface area contributed by atoms with Crippen LogP contribution >= 0.6 is 0 Å². The summed E-state index contributed by atoms with van der Waals surface area (Å²) in [5, 5.41) is 12.7. The Labute approximate surface area is 123 Å². The van der Waals surface area contributed by atoms with Crippen molar-refractivity contribution < 1.29 is 17.6 Å². The van der Waals surface area contributed by atoms with Crippen LogP contribution in [0.15, 0.2) is 27.5 Å². The van der Waals surface area contributed by atoms with Gasteiger partial charge in [0, 0.05) is 6.92 Å². The van der Waals surface area contributed by atoms with Crippen LogP contribution in [0.3, 0.4) is 0 Å². The van der Waals surface area contributed by atoms with Crippen molar-refractivity contribution in [2.24, 2.45) is 5.14 Å². The highest BCUT2D eigenvalue weighted by atomic mass is 32.2. The summed E-state index contributed by atoms with van der Waals surface area (Å²) < 4.78 is 33.7. The largest absolute Gasteiger partial charge is 0.484 e. The van der Waals surface area contributed by atoms with Gasteiger partial charge >= 0.3 is 0 Å². The highest BCUT2D eigenvalue weighted by molar-refractivity contribution is 7.89. The third-order valence-electron chi connectivity index (χ3n) is 2.85. The summed E-state index contributed by atoms with van der Waals surface area (Å²) in [6.45, 7) is 5.68. The Kier molecular flexibility index (Phi) is 4.29. The molecule has 0 aliphatic rings. The molecule has 0 saturated carbocycles. The predicted octanol–water partition coefficient (Wildman–Crippen LogP) is 1.73. The molecule has 21 heavy (non-hydrogen) atoms. The van der Waals surface area contributed by atoms with E-state index in [4.69, 9.17) is 14.3 Å². The summed E-state index contributed by atoms with van der Waals surface area (Å²) in [4.78, 5) is 0.0622. The van der Waals surface area contributed by atoms with E-state index in [2.05, 4.69) is 10.2 Å². The van der Waals surface area contributed by atoms with Crippen LogP contribution in [0.4, 0.5) is 0 Å². The highest BCUT2D eigenvalue weighted by Crippen LogP contribution is 2.29. The molecule has 0 spiro atoms. The second-order valence-corrected chi connectivity index (χ2v) is 6.46. The summed E-state index contributed by atoms with van der Waals surface area (Å²) in [6.07, 6.45) is 0. The number of benzene rings is 1. The van der Waals surface area contributed by atoms with Crippen LogP contribution in [0.25, 0.3) is 0 Å². The summed E-state index contributed by atoms with van der Waals surface area (Å²) in [5.74, 6) is 1.46. The van der Waals surface area contributed by atoms with Gasteiger partial charge in [-0.3, -0.25) is 0 Å². The predicted molar refractivity (Wildman–Crippen MR) is 75.3 cm³/mol. The molecule has 1 aromatic carbocycles.